The van der Waals surface area contributed by atoms with Crippen LogP contribution in [0.1, 0.15) is 31.4 Å². The predicted octanol–water partition coefficient (Wildman–Crippen LogP) is 3.08. The van der Waals surface area contributed by atoms with E-state index >= 15 is 0 Å². The third-order valence-electron chi connectivity index (χ3n) is 3.77. The second kappa shape index (κ2) is 5.27. The lowest BCUT2D eigenvalue weighted by molar-refractivity contribution is -0.0457. The van der Waals surface area contributed by atoms with Crippen LogP contribution in [-0.2, 0) is 4.74 Å². The Hall–Kier alpha value is -1.45. The van der Waals surface area contributed by atoms with Gasteiger partial charge < -0.3 is 9.84 Å². The highest BCUT2D eigenvalue weighted by atomic mass is 16.5. The van der Waals surface area contributed by atoms with E-state index in [9.17, 15) is 5.11 Å². The molecule has 3 heteroatoms. The fourth-order valence-corrected chi connectivity index (χ4v) is 2.65. The van der Waals surface area contributed by atoms with Crippen LogP contribution in [0.4, 0.5) is 0 Å². The van der Waals surface area contributed by atoms with Gasteiger partial charge in [-0.25, -0.2) is 0 Å². The molecule has 0 aliphatic heterocycles. The number of hydrogen-bond donors (Lipinski definition) is 1. The molecule has 2 unspecified atom stereocenters. The van der Waals surface area contributed by atoms with Crippen molar-refractivity contribution < 1.29 is 9.84 Å². The minimum atomic E-state index is -0.592. The number of fused-ring (bicyclic) bond motifs is 1. The van der Waals surface area contributed by atoms with Gasteiger partial charge in [0, 0.05) is 30.0 Å². The molecule has 1 aromatic carbocycles. The molecule has 0 spiro atoms. The van der Waals surface area contributed by atoms with Gasteiger partial charge >= 0.3 is 0 Å². The third-order valence-corrected chi connectivity index (χ3v) is 3.77. The van der Waals surface area contributed by atoms with Crippen molar-refractivity contribution in [3.05, 3.63) is 42.2 Å². The van der Waals surface area contributed by atoms with Crippen LogP contribution < -0.4 is 0 Å². The lowest BCUT2D eigenvalue weighted by Gasteiger charge is -2.23. The molecular weight excluding hydrogens is 238 g/mol. The van der Waals surface area contributed by atoms with E-state index in [0.717, 1.165) is 29.2 Å². The summed E-state index contributed by atoms with van der Waals surface area (Å²) in [6.07, 6.45) is 5.21. The molecule has 0 bridgehead atoms. The molecule has 3 rings (SSSR count). The SMILES string of the molecule is CCOC(C1CC1)C(O)c1cncc2ccccc12. The summed E-state index contributed by atoms with van der Waals surface area (Å²) in [6.45, 7) is 2.61. The van der Waals surface area contributed by atoms with Crippen LogP contribution in [-0.4, -0.2) is 22.8 Å². The van der Waals surface area contributed by atoms with Gasteiger partial charge in [0.25, 0.3) is 0 Å². The topological polar surface area (TPSA) is 42.4 Å². The maximum atomic E-state index is 10.7. The highest BCUT2D eigenvalue weighted by molar-refractivity contribution is 5.84. The Morgan fingerprint density at radius 1 is 1.32 bits per heavy atom. The van der Waals surface area contributed by atoms with Gasteiger partial charge in [-0.2, -0.15) is 0 Å². The first kappa shape index (κ1) is 12.6. The molecule has 19 heavy (non-hydrogen) atoms. The van der Waals surface area contributed by atoms with Crippen molar-refractivity contribution in [1.82, 2.24) is 4.98 Å². The molecule has 100 valence electrons. The number of pyridine rings is 1. The van der Waals surface area contributed by atoms with Crippen molar-refractivity contribution in [2.75, 3.05) is 6.61 Å². The van der Waals surface area contributed by atoms with E-state index in [1.807, 2.05) is 37.4 Å². The molecule has 1 N–H and O–H groups in total. The maximum absolute atomic E-state index is 10.7. The summed E-state index contributed by atoms with van der Waals surface area (Å²) in [7, 11) is 0. The van der Waals surface area contributed by atoms with Crippen molar-refractivity contribution in [2.24, 2.45) is 5.92 Å². The number of aliphatic hydroxyl groups is 1. The van der Waals surface area contributed by atoms with E-state index in [2.05, 4.69) is 4.98 Å². The molecule has 0 saturated heterocycles. The average Bonchev–Trinajstić information content (AvgIpc) is 3.28. The molecular formula is C16H19NO2. The van der Waals surface area contributed by atoms with E-state index in [1.54, 1.807) is 6.20 Å². The Labute approximate surface area is 113 Å². The smallest absolute Gasteiger partial charge is 0.107 e. The van der Waals surface area contributed by atoms with E-state index in [-0.39, 0.29) is 6.10 Å². The summed E-state index contributed by atoms with van der Waals surface area (Å²) in [5.74, 6) is 0.494. The van der Waals surface area contributed by atoms with Gasteiger partial charge in [0.2, 0.25) is 0 Å². The first-order valence-electron chi connectivity index (χ1n) is 6.93. The van der Waals surface area contributed by atoms with Crippen LogP contribution >= 0.6 is 0 Å². The number of aliphatic hydroxyl groups excluding tert-OH is 1. The fraction of sp³-hybridized carbons (Fsp3) is 0.438. The van der Waals surface area contributed by atoms with Gasteiger partial charge in [-0.15, -0.1) is 0 Å². The molecule has 1 heterocycles. The van der Waals surface area contributed by atoms with E-state index in [0.29, 0.717) is 12.5 Å². The second-order valence-electron chi connectivity index (χ2n) is 5.15. The van der Waals surface area contributed by atoms with Gasteiger partial charge in [0.15, 0.2) is 0 Å². The molecule has 1 fully saturated rings. The normalized spacial score (nSPS) is 18.4. The standard InChI is InChI=1S/C16H19NO2/c1-2-19-16(11-7-8-11)15(18)14-10-17-9-12-5-3-4-6-13(12)14/h3-6,9-11,15-16,18H,2,7-8H2,1H3. The zero-order chi connectivity index (χ0) is 13.2. The molecule has 1 aliphatic carbocycles. The summed E-state index contributed by atoms with van der Waals surface area (Å²) in [5, 5.41) is 12.8. The molecule has 2 atom stereocenters. The number of ether oxygens (including phenoxy) is 1. The largest absolute Gasteiger partial charge is 0.386 e. The van der Waals surface area contributed by atoms with Gasteiger partial charge in [-0.3, -0.25) is 4.98 Å². The highest BCUT2D eigenvalue weighted by Crippen LogP contribution is 2.41. The second-order valence-corrected chi connectivity index (χ2v) is 5.15. The van der Waals surface area contributed by atoms with E-state index in [4.69, 9.17) is 4.74 Å². The summed E-state index contributed by atoms with van der Waals surface area (Å²) in [5.41, 5.74) is 0.878. The Kier molecular flexibility index (Phi) is 3.49. The number of hydrogen-bond acceptors (Lipinski definition) is 3. The van der Waals surface area contributed by atoms with E-state index in [1.165, 1.54) is 0 Å². The molecule has 1 aromatic heterocycles. The fourth-order valence-electron chi connectivity index (χ4n) is 2.65. The minimum Gasteiger partial charge on any atom is -0.386 e. The number of benzene rings is 1. The predicted molar refractivity (Wildman–Crippen MR) is 74.8 cm³/mol. The molecule has 3 nitrogen and oxygen atoms in total. The number of rotatable bonds is 5. The van der Waals surface area contributed by atoms with Crippen LogP contribution in [0.5, 0.6) is 0 Å². The van der Waals surface area contributed by atoms with Crippen LogP contribution in [0.25, 0.3) is 10.8 Å². The van der Waals surface area contributed by atoms with Gasteiger partial charge in [0.1, 0.15) is 6.10 Å². The van der Waals surface area contributed by atoms with Gasteiger partial charge in [0.05, 0.1) is 6.10 Å². The molecule has 0 amide bonds. The van der Waals surface area contributed by atoms with Crippen LogP contribution in [0.3, 0.4) is 0 Å². The molecule has 2 aromatic rings. The first-order chi connectivity index (χ1) is 9.31. The van der Waals surface area contributed by atoms with Crippen molar-refractivity contribution in [3.8, 4) is 0 Å². The lowest BCUT2D eigenvalue weighted by Crippen LogP contribution is -2.25. The van der Waals surface area contributed by atoms with Crippen molar-refractivity contribution in [1.29, 1.82) is 0 Å². The number of aromatic nitrogens is 1. The maximum Gasteiger partial charge on any atom is 0.107 e. The minimum absolute atomic E-state index is 0.0994. The van der Waals surface area contributed by atoms with Gasteiger partial charge in [-0.1, -0.05) is 24.3 Å². The lowest BCUT2D eigenvalue weighted by atomic mass is 9.97. The summed E-state index contributed by atoms with van der Waals surface area (Å²) in [6, 6.07) is 8.03. The van der Waals surface area contributed by atoms with Crippen molar-refractivity contribution in [2.45, 2.75) is 32.0 Å². The number of nitrogens with zero attached hydrogens (tertiary/aromatic N) is 1. The highest BCUT2D eigenvalue weighted by Gasteiger charge is 2.37. The summed E-state index contributed by atoms with van der Waals surface area (Å²) < 4.78 is 5.75. The molecule has 0 radical (unpaired) electrons. The molecule has 1 aliphatic rings. The third kappa shape index (κ3) is 2.48. The monoisotopic (exact) mass is 257 g/mol. The van der Waals surface area contributed by atoms with Crippen LogP contribution in [0.2, 0.25) is 0 Å². The van der Waals surface area contributed by atoms with E-state index < -0.39 is 6.10 Å². The Morgan fingerprint density at radius 2 is 2.11 bits per heavy atom. The zero-order valence-corrected chi connectivity index (χ0v) is 11.1. The summed E-state index contributed by atoms with van der Waals surface area (Å²) in [4.78, 5) is 4.24. The Morgan fingerprint density at radius 3 is 2.84 bits per heavy atom. The van der Waals surface area contributed by atoms with Crippen LogP contribution in [0.15, 0.2) is 36.7 Å². The average molecular weight is 257 g/mol. The zero-order valence-electron chi connectivity index (χ0n) is 11.1. The Balaban J connectivity index is 1.98. The van der Waals surface area contributed by atoms with Crippen molar-refractivity contribution in [3.63, 3.8) is 0 Å². The van der Waals surface area contributed by atoms with Crippen molar-refractivity contribution >= 4 is 10.8 Å². The molecule has 1 saturated carbocycles. The quantitative estimate of drug-likeness (QED) is 0.895. The van der Waals surface area contributed by atoms with Gasteiger partial charge in [-0.05, 0) is 31.1 Å². The van der Waals surface area contributed by atoms with Crippen LogP contribution in [0, 0.1) is 5.92 Å². The summed E-state index contributed by atoms with van der Waals surface area (Å²) >= 11 is 0. The Bertz CT molecular complexity index is 560. The first-order valence-corrected chi connectivity index (χ1v) is 6.93.